The number of anilines is 1. The molecule has 1 aliphatic rings. The molecule has 1 aromatic heterocycles. The molecule has 0 spiro atoms. The second-order valence-electron chi connectivity index (χ2n) is 6.13. The van der Waals surface area contributed by atoms with Crippen LogP contribution in [0.15, 0.2) is 18.2 Å². The Labute approximate surface area is 180 Å². The van der Waals surface area contributed by atoms with E-state index in [1.54, 1.807) is 12.1 Å². The van der Waals surface area contributed by atoms with Gasteiger partial charge in [-0.05, 0) is 30.2 Å². The SMILES string of the molecule is COC(=O)N1CCc2c(sc(NC(=O)COc3ccc(Cl)cc3Cl)c2C(N)=O)C1. The fourth-order valence-corrected chi connectivity index (χ4v) is 4.68. The lowest BCUT2D eigenvalue weighted by Crippen LogP contribution is -2.35. The third kappa shape index (κ3) is 4.75. The fraction of sp³-hybridized carbons (Fsp3) is 0.278. The number of hydrogen-bond donors (Lipinski definition) is 2. The van der Waals surface area contributed by atoms with Crippen LogP contribution in [0.25, 0.3) is 0 Å². The Kier molecular flexibility index (Phi) is 6.51. The number of benzene rings is 1. The number of hydrogen-bond acceptors (Lipinski definition) is 6. The lowest BCUT2D eigenvalue weighted by molar-refractivity contribution is -0.118. The Balaban J connectivity index is 1.73. The number of fused-ring (bicyclic) bond motifs is 1. The van der Waals surface area contributed by atoms with Crippen molar-refractivity contribution in [2.24, 2.45) is 5.73 Å². The predicted octanol–water partition coefficient (Wildman–Crippen LogP) is 3.30. The van der Waals surface area contributed by atoms with Gasteiger partial charge in [0.2, 0.25) is 0 Å². The van der Waals surface area contributed by atoms with Gasteiger partial charge in [0.1, 0.15) is 10.8 Å². The summed E-state index contributed by atoms with van der Waals surface area (Å²) < 4.78 is 10.1. The van der Waals surface area contributed by atoms with Crippen molar-refractivity contribution in [3.8, 4) is 5.75 Å². The van der Waals surface area contributed by atoms with E-state index in [-0.39, 0.29) is 23.7 Å². The number of thiophene rings is 1. The second kappa shape index (κ2) is 8.89. The van der Waals surface area contributed by atoms with Crippen LogP contribution in [-0.4, -0.2) is 43.1 Å². The normalized spacial score (nSPS) is 12.9. The molecule has 1 aliphatic heterocycles. The third-order valence-electron chi connectivity index (χ3n) is 4.24. The number of primary amides is 1. The molecule has 0 saturated heterocycles. The number of methoxy groups -OCH3 is 1. The van der Waals surface area contributed by atoms with Gasteiger partial charge in [0.05, 0.1) is 24.2 Å². The summed E-state index contributed by atoms with van der Waals surface area (Å²) in [6, 6.07) is 4.65. The summed E-state index contributed by atoms with van der Waals surface area (Å²) >= 11 is 13.0. The van der Waals surface area contributed by atoms with Gasteiger partial charge < -0.3 is 25.4 Å². The van der Waals surface area contributed by atoms with Gasteiger partial charge in [0, 0.05) is 16.4 Å². The van der Waals surface area contributed by atoms with Crippen LogP contribution in [0.5, 0.6) is 5.75 Å². The van der Waals surface area contributed by atoms with Crippen LogP contribution in [0.3, 0.4) is 0 Å². The van der Waals surface area contributed by atoms with Crippen molar-refractivity contribution >= 4 is 57.4 Å². The van der Waals surface area contributed by atoms with Crippen molar-refractivity contribution < 1.29 is 23.9 Å². The van der Waals surface area contributed by atoms with E-state index in [0.29, 0.717) is 28.7 Å². The largest absolute Gasteiger partial charge is 0.482 e. The van der Waals surface area contributed by atoms with Crippen molar-refractivity contribution in [1.29, 1.82) is 0 Å². The number of carbonyl (C=O) groups is 3. The first-order valence-electron chi connectivity index (χ1n) is 8.45. The number of rotatable bonds is 5. The Morgan fingerprint density at radius 1 is 1.31 bits per heavy atom. The standard InChI is InChI=1S/C18H17Cl2N3O5S/c1-27-18(26)23-5-4-10-13(7-23)29-17(15(10)16(21)25)22-14(24)8-28-12-3-2-9(19)6-11(12)20/h2-3,6H,4-5,7-8H2,1H3,(H2,21,25)(H,22,24). The van der Waals surface area contributed by atoms with Crippen LogP contribution in [0.2, 0.25) is 10.0 Å². The van der Waals surface area contributed by atoms with E-state index < -0.39 is 17.9 Å². The van der Waals surface area contributed by atoms with Gasteiger partial charge >= 0.3 is 6.09 Å². The summed E-state index contributed by atoms with van der Waals surface area (Å²) in [6.45, 7) is 0.346. The first-order valence-corrected chi connectivity index (χ1v) is 10.0. The number of halogens is 2. The van der Waals surface area contributed by atoms with Gasteiger partial charge in [-0.15, -0.1) is 11.3 Å². The maximum Gasteiger partial charge on any atom is 0.409 e. The highest BCUT2D eigenvalue weighted by atomic mass is 35.5. The van der Waals surface area contributed by atoms with Crippen LogP contribution in [0, 0.1) is 0 Å². The molecule has 3 N–H and O–H groups in total. The van der Waals surface area contributed by atoms with E-state index in [1.165, 1.54) is 29.4 Å². The molecule has 0 atom stereocenters. The topological polar surface area (TPSA) is 111 Å². The summed E-state index contributed by atoms with van der Waals surface area (Å²) in [5, 5.41) is 3.71. The highest BCUT2D eigenvalue weighted by Crippen LogP contribution is 2.37. The van der Waals surface area contributed by atoms with Crippen LogP contribution in [0.1, 0.15) is 20.8 Å². The zero-order chi connectivity index (χ0) is 21.1. The Bertz CT molecular complexity index is 979. The average molecular weight is 458 g/mol. The van der Waals surface area contributed by atoms with Crippen molar-refractivity contribution in [1.82, 2.24) is 4.90 Å². The third-order valence-corrected chi connectivity index (χ3v) is 5.90. The number of nitrogens with zero attached hydrogens (tertiary/aromatic N) is 1. The maximum atomic E-state index is 12.3. The van der Waals surface area contributed by atoms with Crippen molar-refractivity contribution in [3.63, 3.8) is 0 Å². The molecule has 8 nitrogen and oxygen atoms in total. The van der Waals surface area contributed by atoms with Crippen molar-refractivity contribution in [2.45, 2.75) is 13.0 Å². The fourth-order valence-electron chi connectivity index (χ4n) is 2.94. The van der Waals surface area contributed by atoms with Crippen LogP contribution in [-0.2, 0) is 22.5 Å². The maximum absolute atomic E-state index is 12.3. The molecule has 3 rings (SSSR count). The molecule has 0 bridgehead atoms. The quantitative estimate of drug-likeness (QED) is 0.715. The van der Waals surface area contributed by atoms with Crippen molar-refractivity contribution in [3.05, 3.63) is 44.2 Å². The van der Waals surface area contributed by atoms with E-state index in [4.69, 9.17) is 38.4 Å². The molecule has 3 amide bonds. The predicted molar refractivity (Wildman–Crippen MR) is 110 cm³/mol. The molecule has 0 saturated carbocycles. The average Bonchev–Trinajstić information content (AvgIpc) is 3.03. The Hall–Kier alpha value is -2.49. The van der Waals surface area contributed by atoms with Crippen LogP contribution >= 0.6 is 34.5 Å². The lowest BCUT2D eigenvalue weighted by Gasteiger charge is -2.25. The summed E-state index contributed by atoms with van der Waals surface area (Å²) in [6.07, 6.45) is -0.0186. The van der Waals surface area contributed by atoms with Gasteiger partial charge in [-0.2, -0.15) is 0 Å². The Morgan fingerprint density at radius 3 is 2.72 bits per heavy atom. The van der Waals surface area contributed by atoms with Crippen LogP contribution < -0.4 is 15.8 Å². The first-order chi connectivity index (χ1) is 13.8. The first kappa shape index (κ1) is 21.2. The second-order valence-corrected chi connectivity index (χ2v) is 8.07. The van der Waals surface area contributed by atoms with Crippen LogP contribution in [0.4, 0.5) is 9.80 Å². The highest BCUT2D eigenvalue weighted by Gasteiger charge is 2.29. The van der Waals surface area contributed by atoms with E-state index in [1.807, 2.05) is 0 Å². The summed E-state index contributed by atoms with van der Waals surface area (Å²) in [5.74, 6) is -0.826. The molecular weight excluding hydrogens is 441 g/mol. The number of ether oxygens (including phenoxy) is 2. The molecule has 29 heavy (non-hydrogen) atoms. The number of nitrogens with one attached hydrogen (secondary N) is 1. The van der Waals surface area contributed by atoms with Gasteiger partial charge in [-0.25, -0.2) is 4.79 Å². The van der Waals surface area contributed by atoms with Gasteiger partial charge in [-0.3, -0.25) is 9.59 Å². The van der Waals surface area contributed by atoms with Gasteiger partial charge in [0.25, 0.3) is 11.8 Å². The number of carbonyl (C=O) groups excluding carboxylic acids is 3. The highest BCUT2D eigenvalue weighted by molar-refractivity contribution is 7.17. The Morgan fingerprint density at radius 2 is 2.07 bits per heavy atom. The molecule has 154 valence electrons. The number of amides is 3. The molecule has 0 aliphatic carbocycles. The molecule has 2 heterocycles. The minimum atomic E-state index is -0.647. The molecule has 2 aromatic rings. The van der Waals surface area contributed by atoms with Gasteiger partial charge in [-0.1, -0.05) is 23.2 Å². The summed E-state index contributed by atoms with van der Waals surface area (Å²) in [5.41, 5.74) is 6.52. The smallest absolute Gasteiger partial charge is 0.409 e. The minimum absolute atomic E-state index is 0.257. The van der Waals surface area contributed by atoms with Crippen molar-refractivity contribution in [2.75, 3.05) is 25.6 Å². The molecular formula is C18H17Cl2N3O5S. The molecule has 0 fully saturated rings. The van der Waals surface area contributed by atoms with Gasteiger partial charge in [0.15, 0.2) is 6.61 Å². The van der Waals surface area contributed by atoms with E-state index in [2.05, 4.69) is 5.32 Å². The monoisotopic (exact) mass is 457 g/mol. The number of nitrogens with two attached hydrogens (primary N) is 1. The zero-order valence-electron chi connectivity index (χ0n) is 15.3. The molecule has 0 unspecified atom stereocenters. The van der Waals surface area contributed by atoms with E-state index in [0.717, 1.165) is 10.4 Å². The molecule has 0 radical (unpaired) electrons. The lowest BCUT2D eigenvalue weighted by atomic mass is 10.0. The van der Waals surface area contributed by atoms with E-state index in [9.17, 15) is 14.4 Å². The minimum Gasteiger partial charge on any atom is -0.482 e. The molecule has 11 heteroatoms. The molecule has 1 aromatic carbocycles. The summed E-state index contributed by atoms with van der Waals surface area (Å²) in [7, 11) is 1.31. The van der Waals surface area contributed by atoms with E-state index >= 15 is 0 Å². The summed E-state index contributed by atoms with van der Waals surface area (Å²) in [4.78, 5) is 38.4. The zero-order valence-corrected chi connectivity index (χ0v) is 17.6.